The van der Waals surface area contributed by atoms with E-state index >= 15 is 0 Å². The molecule has 0 aliphatic heterocycles. The molecule has 16 heavy (non-hydrogen) atoms. The Bertz CT molecular complexity index is 344. The van der Waals surface area contributed by atoms with E-state index in [0.717, 1.165) is 10.3 Å². The summed E-state index contributed by atoms with van der Waals surface area (Å²) in [6.07, 6.45) is 5.19. The van der Waals surface area contributed by atoms with Crippen LogP contribution in [-0.4, -0.2) is 30.1 Å². The number of aromatic nitrogens is 1. The maximum Gasteiger partial charge on any atom is 0.143 e. The van der Waals surface area contributed by atoms with Gasteiger partial charge in [-0.1, -0.05) is 0 Å². The smallest absolute Gasteiger partial charge is 0.143 e. The molecule has 1 aromatic heterocycles. The molecule has 0 spiro atoms. The molecule has 1 heterocycles. The average molecular weight is 303 g/mol. The van der Waals surface area contributed by atoms with Crippen LogP contribution in [0.4, 0.5) is 5.82 Å². The summed E-state index contributed by atoms with van der Waals surface area (Å²) in [6, 6.07) is 2.53. The standard InChI is InChI=1S/C12H19BrN2S/c1-9-5-7-14-12(11(9)13)15(3)10(2)6-8-16-4/h5,7,10H,6,8H2,1-4H3. The molecule has 0 aliphatic rings. The van der Waals surface area contributed by atoms with E-state index in [0.29, 0.717) is 6.04 Å². The largest absolute Gasteiger partial charge is 0.356 e. The number of hydrogen-bond donors (Lipinski definition) is 0. The van der Waals surface area contributed by atoms with Crippen molar-refractivity contribution in [3.05, 3.63) is 22.3 Å². The summed E-state index contributed by atoms with van der Waals surface area (Å²) in [4.78, 5) is 6.68. The maximum atomic E-state index is 4.44. The molecule has 90 valence electrons. The first kappa shape index (κ1) is 13.8. The third kappa shape index (κ3) is 3.39. The minimum absolute atomic E-state index is 0.512. The highest BCUT2D eigenvalue weighted by atomic mass is 79.9. The minimum atomic E-state index is 0.512. The summed E-state index contributed by atoms with van der Waals surface area (Å²) in [6.45, 7) is 4.34. The number of thioether (sulfide) groups is 1. The van der Waals surface area contributed by atoms with Gasteiger partial charge in [0.25, 0.3) is 0 Å². The fourth-order valence-electron chi connectivity index (χ4n) is 1.46. The van der Waals surface area contributed by atoms with Gasteiger partial charge in [-0.15, -0.1) is 0 Å². The summed E-state index contributed by atoms with van der Waals surface area (Å²) in [5.41, 5.74) is 1.23. The molecule has 0 aromatic carbocycles. The van der Waals surface area contributed by atoms with Crippen LogP contribution in [-0.2, 0) is 0 Å². The quantitative estimate of drug-likeness (QED) is 0.824. The Hall–Kier alpha value is -0.220. The highest BCUT2D eigenvalue weighted by molar-refractivity contribution is 9.10. The van der Waals surface area contributed by atoms with Crippen molar-refractivity contribution in [3.8, 4) is 0 Å². The van der Waals surface area contributed by atoms with Crippen molar-refractivity contribution >= 4 is 33.5 Å². The number of nitrogens with zero attached hydrogens (tertiary/aromatic N) is 2. The molecular weight excluding hydrogens is 284 g/mol. The summed E-state index contributed by atoms with van der Waals surface area (Å²) in [5, 5.41) is 0. The minimum Gasteiger partial charge on any atom is -0.356 e. The molecular formula is C12H19BrN2S. The first-order valence-corrected chi connectivity index (χ1v) is 7.59. The second kappa shape index (κ2) is 6.50. The van der Waals surface area contributed by atoms with Crippen molar-refractivity contribution in [3.63, 3.8) is 0 Å². The zero-order valence-corrected chi connectivity index (χ0v) is 12.7. The van der Waals surface area contributed by atoms with Gasteiger partial charge in [-0.2, -0.15) is 11.8 Å². The number of anilines is 1. The summed E-state index contributed by atoms with van der Waals surface area (Å²) < 4.78 is 1.11. The van der Waals surface area contributed by atoms with E-state index < -0.39 is 0 Å². The SMILES string of the molecule is CSCCC(C)N(C)c1nccc(C)c1Br. The van der Waals surface area contributed by atoms with Crippen molar-refractivity contribution < 1.29 is 0 Å². The molecule has 0 amide bonds. The maximum absolute atomic E-state index is 4.44. The van der Waals surface area contributed by atoms with Crippen LogP contribution in [0, 0.1) is 6.92 Å². The molecule has 1 atom stereocenters. The van der Waals surface area contributed by atoms with Gasteiger partial charge in [-0.25, -0.2) is 4.98 Å². The Labute approximate surface area is 111 Å². The molecule has 1 rings (SSSR count). The number of aryl methyl sites for hydroxylation is 1. The topological polar surface area (TPSA) is 16.1 Å². The van der Waals surface area contributed by atoms with Crippen molar-refractivity contribution in [2.75, 3.05) is 24.0 Å². The Balaban J connectivity index is 2.79. The monoisotopic (exact) mass is 302 g/mol. The normalized spacial score (nSPS) is 12.6. The van der Waals surface area contributed by atoms with Crippen molar-refractivity contribution in [1.29, 1.82) is 0 Å². The number of pyridine rings is 1. The number of rotatable bonds is 5. The Morgan fingerprint density at radius 2 is 2.25 bits per heavy atom. The van der Waals surface area contributed by atoms with Crippen molar-refractivity contribution in [1.82, 2.24) is 4.98 Å². The third-order valence-electron chi connectivity index (χ3n) is 2.80. The second-order valence-electron chi connectivity index (χ2n) is 4.01. The highest BCUT2D eigenvalue weighted by Gasteiger charge is 2.14. The summed E-state index contributed by atoms with van der Waals surface area (Å²) in [7, 11) is 2.11. The van der Waals surface area contributed by atoms with E-state index in [-0.39, 0.29) is 0 Å². The van der Waals surface area contributed by atoms with Crippen LogP contribution in [0.5, 0.6) is 0 Å². The Morgan fingerprint density at radius 1 is 1.56 bits per heavy atom. The van der Waals surface area contributed by atoms with Gasteiger partial charge in [0.1, 0.15) is 5.82 Å². The van der Waals surface area contributed by atoms with Crippen molar-refractivity contribution in [2.45, 2.75) is 26.3 Å². The molecule has 0 saturated heterocycles. The molecule has 0 radical (unpaired) electrons. The number of hydrogen-bond acceptors (Lipinski definition) is 3. The van der Waals surface area contributed by atoms with Gasteiger partial charge in [0.05, 0.1) is 4.47 Å². The van der Waals surface area contributed by atoms with Crippen LogP contribution in [0.15, 0.2) is 16.7 Å². The van der Waals surface area contributed by atoms with Crippen LogP contribution >= 0.6 is 27.7 Å². The Morgan fingerprint density at radius 3 is 2.88 bits per heavy atom. The van der Waals surface area contributed by atoms with E-state index in [1.807, 2.05) is 24.0 Å². The molecule has 4 heteroatoms. The van der Waals surface area contributed by atoms with Crippen LogP contribution in [0.25, 0.3) is 0 Å². The van der Waals surface area contributed by atoms with Crippen LogP contribution in [0.1, 0.15) is 18.9 Å². The Kier molecular flexibility index (Phi) is 5.62. The lowest BCUT2D eigenvalue weighted by Crippen LogP contribution is -2.30. The molecule has 0 aliphatic carbocycles. The first-order chi connectivity index (χ1) is 7.57. The van der Waals surface area contributed by atoms with Crippen molar-refractivity contribution in [2.24, 2.45) is 0 Å². The molecule has 1 aromatic rings. The number of halogens is 1. The molecule has 0 fully saturated rings. The third-order valence-corrected chi connectivity index (χ3v) is 4.42. The lowest BCUT2D eigenvalue weighted by molar-refractivity contribution is 0.661. The summed E-state index contributed by atoms with van der Waals surface area (Å²) >= 11 is 5.50. The van der Waals surface area contributed by atoms with E-state index in [4.69, 9.17) is 0 Å². The fourth-order valence-corrected chi connectivity index (χ4v) is 2.55. The van der Waals surface area contributed by atoms with Crippen LogP contribution in [0.2, 0.25) is 0 Å². The highest BCUT2D eigenvalue weighted by Crippen LogP contribution is 2.27. The van der Waals surface area contributed by atoms with Gasteiger partial charge >= 0.3 is 0 Å². The second-order valence-corrected chi connectivity index (χ2v) is 5.79. The van der Waals surface area contributed by atoms with Gasteiger partial charge in [-0.05, 0) is 59.8 Å². The van der Waals surface area contributed by atoms with Gasteiger partial charge in [0.15, 0.2) is 0 Å². The lowest BCUT2D eigenvalue weighted by Gasteiger charge is -2.27. The van der Waals surface area contributed by atoms with Gasteiger partial charge in [0.2, 0.25) is 0 Å². The fraction of sp³-hybridized carbons (Fsp3) is 0.583. The predicted octanol–water partition coefficient (Wildman–Crippen LogP) is 3.73. The molecule has 2 nitrogen and oxygen atoms in total. The van der Waals surface area contributed by atoms with E-state index in [1.165, 1.54) is 17.7 Å². The van der Waals surface area contributed by atoms with Crippen LogP contribution < -0.4 is 4.90 Å². The lowest BCUT2D eigenvalue weighted by atomic mass is 10.2. The first-order valence-electron chi connectivity index (χ1n) is 5.40. The van der Waals surface area contributed by atoms with Gasteiger partial charge in [0, 0.05) is 19.3 Å². The molecule has 1 unspecified atom stereocenters. The molecule has 0 bridgehead atoms. The van der Waals surface area contributed by atoms with E-state index in [1.54, 1.807) is 0 Å². The summed E-state index contributed by atoms with van der Waals surface area (Å²) in [5.74, 6) is 2.23. The van der Waals surface area contributed by atoms with Gasteiger partial charge in [-0.3, -0.25) is 0 Å². The zero-order valence-electron chi connectivity index (χ0n) is 10.3. The average Bonchev–Trinajstić information content (AvgIpc) is 2.28. The van der Waals surface area contributed by atoms with Gasteiger partial charge < -0.3 is 4.90 Å². The van der Waals surface area contributed by atoms with E-state index in [2.05, 4.69) is 53.0 Å². The van der Waals surface area contributed by atoms with Crippen LogP contribution in [0.3, 0.4) is 0 Å². The molecule has 0 saturated carbocycles. The predicted molar refractivity (Wildman–Crippen MR) is 77.5 cm³/mol. The molecule has 0 N–H and O–H groups in total. The zero-order chi connectivity index (χ0) is 12.1. The van der Waals surface area contributed by atoms with E-state index in [9.17, 15) is 0 Å².